The summed E-state index contributed by atoms with van der Waals surface area (Å²) >= 11 is 0. The Labute approximate surface area is 69.1 Å². The topological polar surface area (TPSA) is 115 Å². The maximum atomic E-state index is 9.65. The van der Waals surface area contributed by atoms with Crippen LogP contribution in [-0.2, 0) is 9.59 Å². The van der Waals surface area contributed by atoms with Crippen LogP contribution in [0, 0.1) is 0 Å². The molecule has 0 atom stereocenters. The second-order valence-corrected chi connectivity index (χ2v) is 1.77. The summed E-state index contributed by atoms with van der Waals surface area (Å²) in [4.78, 5) is 18.8. The summed E-state index contributed by atoms with van der Waals surface area (Å²) in [7, 11) is 0. The lowest BCUT2D eigenvalue weighted by molar-refractivity contribution is -0.140. The molecular weight excluding hydrogens is 168 g/mol. The van der Waals surface area contributed by atoms with Gasteiger partial charge < -0.3 is 20.4 Å². The lowest BCUT2D eigenvalue weighted by atomic mass is 10.3. The number of carboxylic acid groups (broad SMARTS) is 2. The molecule has 0 aromatic heterocycles. The molecular formula is C6H12O6. The van der Waals surface area contributed by atoms with E-state index >= 15 is 0 Å². The number of rotatable bonds is 4. The minimum Gasteiger partial charge on any atom is -0.481 e. The van der Waals surface area contributed by atoms with E-state index in [0.29, 0.717) is 6.42 Å². The normalized spacial score (nSPS) is 8.17. The van der Waals surface area contributed by atoms with Crippen LogP contribution in [0.4, 0.5) is 0 Å². The fourth-order valence-corrected chi connectivity index (χ4v) is 0.230. The van der Waals surface area contributed by atoms with Crippen LogP contribution >= 0.6 is 0 Å². The maximum Gasteiger partial charge on any atom is 0.329 e. The first-order valence-electron chi connectivity index (χ1n) is 3.20. The molecule has 0 aliphatic heterocycles. The van der Waals surface area contributed by atoms with Gasteiger partial charge in [-0.3, -0.25) is 4.79 Å². The number of aliphatic hydroxyl groups is 2. The minimum absolute atomic E-state index is 0.0354. The van der Waals surface area contributed by atoms with Gasteiger partial charge in [0.25, 0.3) is 0 Å². The van der Waals surface area contributed by atoms with E-state index in [1.54, 1.807) is 0 Å². The third kappa shape index (κ3) is 23.2. The molecule has 0 rings (SSSR count). The van der Waals surface area contributed by atoms with Gasteiger partial charge >= 0.3 is 11.9 Å². The molecule has 0 aromatic carbocycles. The predicted molar refractivity (Wildman–Crippen MR) is 38.7 cm³/mol. The molecule has 0 bridgehead atoms. The summed E-state index contributed by atoms with van der Waals surface area (Å²) in [6.07, 6.45) is 0.422. The molecule has 0 amide bonds. The molecule has 72 valence electrons. The lowest BCUT2D eigenvalue weighted by Crippen LogP contribution is -1.98. The second kappa shape index (κ2) is 9.86. The highest BCUT2D eigenvalue weighted by molar-refractivity contribution is 5.67. The predicted octanol–water partition coefficient (Wildman–Crippen LogP) is -1.09. The molecule has 0 aliphatic carbocycles. The van der Waals surface area contributed by atoms with Crippen LogP contribution in [0.3, 0.4) is 0 Å². The van der Waals surface area contributed by atoms with Crippen LogP contribution in [0.25, 0.3) is 0 Å². The third-order valence-electron chi connectivity index (χ3n) is 0.684. The number of hydrogen-bond acceptors (Lipinski definition) is 4. The van der Waals surface area contributed by atoms with Crippen molar-refractivity contribution in [3.05, 3.63) is 0 Å². The fraction of sp³-hybridized carbons (Fsp3) is 0.667. The van der Waals surface area contributed by atoms with Gasteiger partial charge in [0.05, 0.1) is 0 Å². The van der Waals surface area contributed by atoms with Crippen LogP contribution in [0.2, 0.25) is 0 Å². The summed E-state index contributed by atoms with van der Waals surface area (Å²) in [5.74, 6) is -2.04. The summed E-state index contributed by atoms with van der Waals surface area (Å²) in [6.45, 7) is -0.813. The first-order valence-corrected chi connectivity index (χ1v) is 3.20. The van der Waals surface area contributed by atoms with Gasteiger partial charge in [-0.05, 0) is 6.42 Å². The van der Waals surface area contributed by atoms with Crippen molar-refractivity contribution in [2.45, 2.75) is 12.8 Å². The van der Waals surface area contributed by atoms with Crippen LogP contribution in [0.5, 0.6) is 0 Å². The summed E-state index contributed by atoms with van der Waals surface area (Å²) in [5.41, 5.74) is 0. The molecule has 0 saturated carbocycles. The van der Waals surface area contributed by atoms with E-state index in [2.05, 4.69) is 0 Å². The van der Waals surface area contributed by atoms with Gasteiger partial charge in [-0.15, -0.1) is 0 Å². The average molecular weight is 180 g/mol. The van der Waals surface area contributed by atoms with Gasteiger partial charge in [0.15, 0.2) is 0 Å². The van der Waals surface area contributed by atoms with E-state index in [0.717, 1.165) is 0 Å². The third-order valence-corrected chi connectivity index (χ3v) is 0.684. The van der Waals surface area contributed by atoms with Crippen molar-refractivity contribution in [2.75, 3.05) is 13.2 Å². The number of hydrogen-bond donors (Lipinski definition) is 4. The van der Waals surface area contributed by atoms with Crippen LogP contribution < -0.4 is 0 Å². The highest BCUT2D eigenvalue weighted by atomic mass is 16.4. The molecule has 0 spiro atoms. The Morgan fingerprint density at radius 3 is 1.50 bits per heavy atom. The second-order valence-electron chi connectivity index (χ2n) is 1.77. The highest BCUT2D eigenvalue weighted by Crippen LogP contribution is 1.83. The molecule has 0 aromatic rings. The molecule has 6 nitrogen and oxygen atoms in total. The molecule has 6 heteroatoms. The number of carbonyl (C=O) groups is 2. The molecule has 0 radical (unpaired) electrons. The summed E-state index contributed by atoms with van der Waals surface area (Å²) in [5, 5.41) is 31.0. The number of carboxylic acids is 2. The molecule has 4 N–H and O–H groups in total. The Morgan fingerprint density at radius 1 is 1.00 bits per heavy atom. The Morgan fingerprint density at radius 2 is 1.42 bits per heavy atom. The van der Waals surface area contributed by atoms with Crippen molar-refractivity contribution in [2.24, 2.45) is 0 Å². The summed E-state index contributed by atoms with van der Waals surface area (Å²) in [6, 6.07) is 0. The summed E-state index contributed by atoms with van der Waals surface area (Å²) < 4.78 is 0. The Balaban J connectivity index is 0. The van der Waals surface area contributed by atoms with Crippen molar-refractivity contribution < 1.29 is 30.0 Å². The Kier molecular flexibility index (Phi) is 11.1. The van der Waals surface area contributed by atoms with Crippen LogP contribution in [-0.4, -0.2) is 45.6 Å². The molecule has 0 fully saturated rings. The maximum absolute atomic E-state index is 9.65. The van der Waals surface area contributed by atoms with Crippen molar-refractivity contribution in [1.29, 1.82) is 0 Å². The van der Waals surface area contributed by atoms with E-state index < -0.39 is 18.5 Å². The van der Waals surface area contributed by atoms with E-state index in [1.165, 1.54) is 0 Å². The van der Waals surface area contributed by atoms with Gasteiger partial charge in [-0.25, -0.2) is 4.79 Å². The van der Waals surface area contributed by atoms with E-state index in [4.69, 9.17) is 25.2 Å². The van der Waals surface area contributed by atoms with Gasteiger partial charge in [-0.1, -0.05) is 0 Å². The first kappa shape index (κ1) is 13.4. The smallest absolute Gasteiger partial charge is 0.329 e. The van der Waals surface area contributed by atoms with Crippen molar-refractivity contribution in [3.8, 4) is 0 Å². The minimum atomic E-state index is -1.19. The lowest BCUT2D eigenvalue weighted by Gasteiger charge is -1.85. The molecule has 0 saturated heterocycles. The Bertz CT molecular complexity index is 132. The van der Waals surface area contributed by atoms with Crippen LogP contribution in [0.1, 0.15) is 12.8 Å². The fourth-order valence-electron chi connectivity index (χ4n) is 0.230. The zero-order chi connectivity index (χ0) is 9.98. The highest BCUT2D eigenvalue weighted by Gasteiger charge is 1.91. The van der Waals surface area contributed by atoms with Crippen molar-refractivity contribution in [3.63, 3.8) is 0 Å². The van der Waals surface area contributed by atoms with Gasteiger partial charge in [0, 0.05) is 13.0 Å². The van der Waals surface area contributed by atoms with Crippen molar-refractivity contribution in [1.82, 2.24) is 0 Å². The SMILES string of the molecule is O=C(O)CCCO.O=C(O)CO. The quantitative estimate of drug-likeness (QED) is 0.437. The van der Waals surface area contributed by atoms with Gasteiger partial charge in [-0.2, -0.15) is 0 Å². The van der Waals surface area contributed by atoms with Crippen LogP contribution in [0.15, 0.2) is 0 Å². The number of aliphatic carboxylic acids is 2. The zero-order valence-electron chi connectivity index (χ0n) is 6.43. The monoisotopic (exact) mass is 180 g/mol. The van der Waals surface area contributed by atoms with Gasteiger partial charge in [0.1, 0.15) is 6.61 Å². The van der Waals surface area contributed by atoms with Crippen molar-refractivity contribution >= 4 is 11.9 Å². The van der Waals surface area contributed by atoms with Gasteiger partial charge in [0.2, 0.25) is 0 Å². The Hall–Kier alpha value is -1.14. The first-order chi connectivity index (χ1) is 5.54. The van der Waals surface area contributed by atoms with E-state index in [1.807, 2.05) is 0 Å². The van der Waals surface area contributed by atoms with E-state index in [9.17, 15) is 4.79 Å². The molecule has 12 heavy (non-hydrogen) atoms. The zero-order valence-corrected chi connectivity index (χ0v) is 6.43. The molecule has 0 aliphatic rings. The molecule has 0 unspecified atom stereocenters. The average Bonchev–Trinajstić information content (AvgIpc) is 2.02. The standard InChI is InChI=1S/C4H8O3.C2H4O3/c5-3-1-2-4(6)7;3-1-2(4)5/h5H,1-3H2,(H,6,7);3H,1H2,(H,4,5). The largest absolute Gasteiger partial charge is 0.481 e. The van der Waals surface area contributed by atoms with E-state index in [-0.39, 0.29) is 13.0 Å². The number of aliphatic hydroxyl groups excluding tert-OH is 2. The molecule has 0 heterocycles.